The molecule has 0 amide bonds. The van der Waals surface area contributed by atoms with Gasteiger partial charge >= 0.3 is 0 Å². The van der Waals surface area contributed by atoms with Gasteiger partial charge in [0.15, 0.2) is 0 Å². The zero-order valence-electron chi connectivity index (χ0n) is 17.1. The van der Waals surface area contributed by atoms with Crippen LogP contribution in [0.15, 0.2) is 72.2 Å². The summed E-state index contributed by atoms with van der Waals surface area (Å²) < 4.78 is 29.2. The Labute approximate surface area is 183 Å². The molecule has 4 aromatic rings. The number of nitrogens with zero attached hydrogens (tertiary/aromatic N) is 2. The highest BCUT2D eigenvalue weighted by molar-refractivity contribution is 7.13. The van der Waals surface area contributed by atoms with Crippen molar-refractivity contribution in [2.75, 3.05) is 6.54 Å². The van der Waals surface area contributed by atoms with Gasteiger partial charge in [-0.2, -0.15) is 5.10 Å². The molecule has 0 aliphatic carbocycles. The standard InChI is InChI=1S/C24H23F2N3OS/c1-24(30,20-10-9-19(25)12-21(20)26)16-27-13-18-15-29(14-17-6-3-2-4-7-17)28-23(18)22-8-5-11-31-22/h2-12,15,27,30H,13-14,16H2,1H3. The highest BCUT2D eigenvalue weighted by Crippen LogP contribution is 2.28. The summed E-state index contributed by atoms with van der Waals surface area (Å²) in [6.07, 6.45) is 1.99. The summed E-state index contributed by atoms with van der Waals surface area (Å²) in [5.41, 5.74) is 1.58. The molecular weight excluding hydrogens is 416 g/mol. The minimum Gasteiger partial charge on any atom is -0.384 e. The summed E-state index contributed by atoms with van der Waals surface area (Å²) in [6.45, 7) is 2.71. The fraction of sp³-hybridized carbons (Fsp3) is 0.208. The molecule has 0 saturated carbocycles. The SMILES string of the molecule is CC(O)(CNCc1cn(Cc2ccccc2)nc1-c1cccs1)c1ccc(F)cc1F. The van der Waals surface area contributed by atoms with Crippen molar-refractivity contribution in [3.8, 4) is 10.6 Å². The number of hydrogen-bond donors (Lipinski definition) is 2. The van der Waals surface area contributed by atoms with E-state index in [1.54, 1.807) is 11.3 Å². The molecule has 0 aliphatic heterocycles. The summed E-state index contributed by atoms with van der Waals surface area (Å²) in [6, 6.07) is 17.3. The summed E-state index contributed by atoms with van der Waals surface area (Å²) in [4.78, 5) is 1.06. The Morgan fingerprint density at radius 1 is 1.10 bits per heavy atom. The van der Waals surface area contributed by atoms with Gasteiger partial charge in [-0.3, -0.25) is 4.68 Å². The molecule has 1 atom stereocenters. The Morgan fingerprint density at radius 3 is 2.61 bits per heavy atom. The maximum atomic E-state index is 14.1. The van der Waals surface area contributed by atoms with Crippen molar-refractivity contribution in [2.24, 2.45) is 0 Å². The Kier molecular flexibility index (Phi) is 6.27. The molecule has 0 saturated heterocycles. The number of rotatable bonds is 8. The van der Waals surface area contributed by atoms with E-state index in [2.05, 4.69) is 17.4 Å². The second kappa shape index (κ2) is 9.09. The third kappa shape index (κ3) is 5.07. The Hall–Kier alpha value is -2.87. The molecule has 0 aliphatic rings. The van der Waals surface area contributed by atoms with Crippen molar-refractivity contribution in [1.29, 1.82) is 0 Å². The lowest BCUT2D eigenvalue weighted by atomic mass is 9.95. The summed E-state index contributed by atoms with van der Waals surface area (Å²) >= 11 is 1.61. The monoisotopic (exact) mass is 439 g/mol. The number of benzene rings is 2. The minimum atomic E-state index is -1.49. The van der Waals surface area contributed by atoms with E-state index in [0.717, 1.165) is 33.8 Å². The van der Waals surface area contributed by atoms with Crippen LogP contribution in [0.4, 0.5) is 8.78 Å². The average molecular weight is 440 g/mol. The maximum Gasteiger partial charge on any atom is 0.132 e. The third-order valence-electron chi connectivity index (χ3n) is 5.08. The molecule has 2 N–H and O–H groups in total. The lowest BCUT2D eigenvalue weighted by Crippen LogP contribution is -2.36. The van der Waals surface area contributed by atoms with Gasteiger partial charge in [-0.25, -0.2) is 8.78 Å². The second-order valence-electron chi connectivity index (χ2n) is 7.66. The van der Waals surface area contributed by atoms with Crippen molar-refractivity contribution in [3.63, 3.8) is 0 Å². The smallest absolute Gasteiger partial charge is 0.132 e. The Morgan fingerprint density at radius 2 is 1.90 bits per heavy atom. The van der Waals surface area contributed by atoms with Crippen LogP contribution in [0.2, 0.25) is 0 Å². The van der Waals surface area contributed by atoms with Crippen LogP contribution in [-0.4, -0.2) is 21.4 Å². The molecule has 1 unspecified atom stereocenters. The van der Waals surface area contributed by atoms with E-state index < -0.39 is 17.2 Å². The van der Waals surface area contributed by atoms with Gasteiger partial charge in [0.2, 0.25) is 0 Å². The molecule has 2 aromatic heterocycles. The molecule has 4 nitrogen and oxygen atoms in total. The lowest BCUT2D eigenvalue weighted by molar-refractivity contribution is 0.0528. The predicted octanol–water partition coefficient (Wildman–Crippen LogP) is 4.94. The van der Waals surface area contributed by atoms with Gasteiger partial charge in [-0.15, -0.1) is 11.3 Å². The van der Waals surface area contributed by atoms with Gasteiger partial charge in [0.05, 0.1) is 11.4 Å². The third-order valence-corrected chi connectivity index (χ3v) is 5.95. The van der Waals surface area contributed by atoms with Gasteiger partial charge in [0.1, 0.15) is 22.9 Å². The Balaban J connectivity index is 1.50. The van der Waals surface area contributed by atoms with Crippen LogP contribution in [0, 0.1) is 11.6 Å². The van der Waals surface area contributed by atoms with Crippen LogP contribution < -0.4 is 5.32 Å². The first-order valence-electron chi connectivity index (χ1n) is 9.95. The number of aromatic nitrogens is 2. The average Bonchev–Trinajstić information content (AvgIpc) is 3.38. The van der Waals surface area contributed by atoms with E-state index in [-0.39, 0.29) is 12.1 Å². The van der Waals surface area contributed by atoms with Gasteiger partial charge in [-0.05, 0) is 30.0 Å². The van der Waals surface area contributed by atoms with E-state index >= 15 is 0 Å². The topological polar surface area (TPSA) is 50.1 Å². The predicted molar refractivity (Wildman–Crippen MR) is 119 cm³/mol. The maximum absolute atomic E-state index is 14.1. The quantitative estimate of drug-likeness (QED) is 0.409. The van der Waals surface area contributed by atoms with E-state index in [1.165, 1.54) is 13.0 Å². The molecule has 4 rings (SSSR count). The number of aliphatic hydroxyl groups is 1. The van der Waals surface area contributed by atoms with E-state index in [0.29, 0.717) is 13.1 Å². The van der Waals surface area contributed by atoms with Crippen molar-refractivity contribution in [1.82, 2.24) is 15.1 Å². The molecule has 2 aromatic carbocycles. The molecule has 2 heterocycles. The number of halogens is 2. The van der Waals surface area contributed by atoms with Crippen molar-refractivity contribution in [3.05, 3.63) is 101 Å². The van der Waals surface area contributed by atoms with Crippen molar-refractivity contribution < 1.29 is 13.9 Å². The first-order valence-corrected chi connectivity index (χ1v) is 10.8. The molecule has 0 radical (unpaired) electrons. The number of hydrogen-bond acceptors (Lipinski definition) is 4. The van der Waals surface area contributed by atoms with Crippen LogP contribution in [0.25, 0.3) is 10.6 Å². The molecule has 0 fully saturated rings. The normalized spacial score (nSPS) is 13.3. The molecule has 0 bridgehead atoms. The highest BCUT2D eigenvalue weighted by atomic mass is 32.1. The largest absolute Gasteiger partial charge is 0.384 e. The fourth-order valence-corrected chi connectivity index (χ4v) is 4.27. The summed E-state index contributed by atoms with van der Waals surface area (Å²) in [5, 5.41) is 20.7. The van der Waals surface area contributed by atoms with Gasteiger partial charge in [-0.1, -0.05) is 42.5 Å². The lowest BCUT2D eigenvalue weighted by Gasteiger charge is -2.25. The first kappa shape index (κ1) is 21.4. The highest BCUT2D eigenvalue weighted by Gasteiger charge is 2.26. The van der Waals surface area contributed by atoms with E-state index in [1.807, 2.05) is 46.6 Å². The zero-order chi connectivity index (χ0) is 21.8. The fourth-order valence-electron chi connectivity index (χ4n) is 3.53. The molecule has 0 spiro atoms. The van der Waals surface area contributed by atoms with Crippen LogP contribution in [0.5, 0.6) is 0 Å². The van der Waals surface area contributed by atoms with E-state index in [4.69, 9.17) is 5.10 Å². The van der Waals surface area contributed by atoms with Crippen LogP contribution in [-0.2, 0) is 18.7 Å². The zero-order valence-corrected chi connectivity index (χ0v) is 17.9. The second-order valence-corrected chi connectivity index (χ2v) is 8.61. The summed E-state index contributed by atoms with van der Waals surface area (Å²) in [5.74, 6) is -1.43. The van der Waals surface area contributed by atoms with Crippen LogP contribution in [0.1, 0.15) is 23.6 Å². The van der Waals surface area contributed by atoms with Crippen molar-refractivity contribution in [2.45, 2.75) is 25.6 Å². The van der Waals surface area contributed by atoms with Crippen LogP contribution >= 0.6 is 11.3 Å². The molecule has 31 heavy (non-hydrogen) atoms. The van der Waals surface area contributed by atoms with Gasteiger partial charge in [0, 0.05) is 36.5 Å². The molecular formula is C24H23F2N3OS. The number of nitrogens with one attached hydrogen (secondary N) is 1. The first-order chi connectivity index (χ1) is 14.9. The van der Waals surface area contributed by atoms with E-state index in [9.17, 15) is 13.9 Å². The van der Waals surface area contributed by atoms with Gasteiger partial charge in [0.25, 0.3) is 0 Å². The summed E-state index contributed by atoms with van der Waals surface area (Å²) in [7, 11) is 0. The Bertz CT molecular complexity index is 1140. The molecule has 160 valence electrons. The number of thiophene rings is 1. The van der Waals surface area contributed by atoms with Gasteiger partial charge < -0.3 is 10.4 Å². The van der Waals surface area contributed by atoms with Crippen molar-refractivity contribution >= 4 is 11.3 Å². The van der Waals surface area contributed by atoms with Crippen LogP contribution in [0.3, 0.4) is 0 Å². The molecule has 7 heteroatoms. The minimum absolute atomic E-state index is 0.0552.